The van der Waals surface area contributed by atoms with E-state index in [1.807, 2.05) is 16.9 Å². The van der Waals surface area contributed by atoms with Crippen LogP contribution >= 0.6 is 0 Å². The molecule has 6 heteroatoms. The van der Waals surface area contributed by atoms with Crippen LogP contribution in [0.5, 0.6) is 0 Å². The number of likely N-dealkylation sites (tertiary alicyclic amines) is 1. The summed E-state index contributed by atoms with van der Waals surface area (Å²) in [6.45, 7) is 6.10. The molecule has 0 unspecified atom stereocenters. The number of rotatable bonds is 5. The summed E-state index contributed by atoms with van der Waals surface area (Å²) >= 11 is 0. The molecule has 1 aromatic carbocycles. The van der Waals surface area contributed by atoms with Crippen molar-refractivity contribution < 1.29 is 4.52 Å². The van der Waals surface area contributed by atoms with Crippen LogP contribution in [0, 0.1) is 0 Å². The molecule has 130 valence electrons. The van der Waals surface area contributed by atoms with E-state index < -0.39 is 0 Å². The van der Waals surface area contributed by atoms with Gasteiger partial charge >= 0.3 is 0 Å². The third-order valence-corrected chi connectivity index (χ3v) is 4.69. The maximum Gasteiger partial charge on any atom is 0.244 e. The number of hydrogen-bond acceptors (Lipinski definition) is 5. The SMILES string of the molecule is CC(C)c1noc([C@H]2CCCN2Cc2cccc(-n3cccn3)c2)n1. The van der Waals surface area contributed by atoms with Crippen LogP contribution in [0.25, 0.3) is 5.69 Å². The van der Waals surface area contributed by atoms with E-state index in [0.717, 1.165) is 43.3 Å². The van der Waals surface area contributed by atoms with Crippen LogP contribution in [-0.4, -0.2) is 31.4 Å². The highest BCUT2D eigenvalue weighted by atomic mass is 16.5. The van der Waals surface area contributed by atoms with Crippen molar-refractivity contribution in [3.8, 4) is 5.69 Å². The smallest absolute Gasteiger partial charge is 0.244 e. The Morgan fingerprint density at radius 1 is 1.28 bits per heavy atom. The predicted octanol–water partition coefficient (Wildman–Crippen LogP) is 3.72. The number of aromatic nitrogens is 4. The fraction of sp³-hybridized carbons (Fsp3) is 0.421. The second-order valence-corrected chi connectivity index (χ2v) is 6.89. The first-order valence-corrected chi connectivity index (χ1v) is 8.87. The zero-order valence-electron chi connectivity index (χ0n) is 14.7. The van der Waals surface area contributed by atoms with E-state index in [1.54, 1.807) is 6.20 Å². The molecule has 25 heavy (non-hydrogen) atoms. The topological polar surface area (TPSA) is 60.0 Å². The molecule has 0 saturated carbocycles. The molecule has 3 aromatic rings. The van der Waals surface area contributed by atoms with Gasteiger partial charge in [0.05, 0.1) is 11.7 Å². The van der Waals surface area contributed by atoms with Crippen molar-refractivity contribution in [2.75, 3.05) is 6.54 Å². The zero-order valence-corrected chi connectivity index (χ0v) is 14.7. The lowest BCUT2D eigenvalue weighted by atomic mass is 10.1. The monoisotopic (exact) mass is 337 g/mol. The zero-order chi connectivity index (χ0) is 17.2. The highest BCUT2D eigenvalue weighted by Crippen LogP contribution is 2.32. The van der Waals surface area contributed by atoms with Crippen LogP contribution < -0.4 is 0 Å². The molecule has 0 bridgehead atoms. The largest absolute Gasteiger partial charge is 0.338 e. The average molecular weight is 337 g/mol. The first kappa shape index (κ1) is 16.0. The molecule has 1 aliphatic rings. The van der Waals surface area contributed by atoms with Gasteiger partial charge in [0.25, 0.3) is 0 Å². The maximum atomic E-state index is 5.54. The average Bonchev–Trinajstić information content (AvgIpc) is 3.36. The highest BCUT2D eigenvalue weighted by Gasteiger charge is 2.31. The molecule has 0 amide bonds. The van der Waals surface area contributed by atoms with Crippen molar-refractivity contribution in [3.05, 3.63) is 60.0 Å². The first-order chi connectivity index (χ1) is 12.2. The Kier molecular flexibility index (Phi) is 4.36. The lowest BCUT2D eigenvalue weighted by Gasteiger charge is -2.21. The van der Waals surface area contributed by atoms with Gasteiger partial charge in [0.2, 0.25) is 5.89 Å². The van der Waals surface area contributed by atoms with E-state index in [2.05, 4.69) is 58.3 Å². The molecule has 3 heterocycles. The fourth-order valence-corrected chi connectivity index (χ4v) is 3.37. The molecule has 0 spiro atoms. The summed E-state index contributed by atoms with van der Waals surface area (Å²) in [6.07, 6.45) is 5.98. The van der Waals surface area contributed by atoms with E-state index in [1.165, 1.54) is 5.56 Å². The summed E-state index contributed by atoms with van der Waals surface area (Å²) in [4.78, 5) is 7.04. The minimum Gasteiger partial charge on any atom is -0.338 e. The van der Waals surface area contributed by atoms with E-state index in [-0.39, 0.29) is 12.0 Å². The first-order valence-electron chi connectivity index (χ1n) is 8.87. The lowest BCUT2D eigenvalue weighted by molar-refractivity contribution is 0.201. The van der Waals surface area contributed by atoms with Gasteiger partial charge in [-0.05, 0) is 43.1 Å². The fourth-order valence-electron chi connectivity index (χ4n) is 3.37. The summed E-state index contributed by atoms with van der Waals surface area (Å²) in [5, 5.41) is 8.44. The Morgan fingerprint density at radius 2 is 2.20 bits per heavy atom. The van der Waals surface area contributed by atoms with Crippen LogP contribution in [0.3, 0.4) is 0 Å². The van der Waals surface area contributed by atoms with Crippen molar-refractivity contribution in [1.29, 1.82) is 0 Å². The van der Waals surface area contributed by atoms with Gasteiger partial charge in [-0.3, -0.25) is 4.90 Å². The summed E-state index contributed by atoms with van der Waals surface area (Å²) < 4.78 is 7.43. The van der Waals surface area contributed by atoms with Crippen molar-refractivity contribution in [3.63, 3.8) is 0 Å². The van der Waals surface area contributed by atoms with Gasteiger partial charge in [0, 0.05) is 24.9 Å². The number of hydrogen-bond donors (Lipinski definition) is 0. The number of benzene rings is 1. The van der Waals surface area contributed by atoms with Crippen molar-refractivity contribution >= 4 is 0 Å². The van der Waals surface area contributed by atoms with Crippen molar-refractivity contribution in [2.24, 2.45) is 0 Å². The molecule has 2 aromatic heterocycles. The summed E-state index contributed by atoms with van der Waals surface area (Å²) in [7, 11) is 0. The van der Waals surface area contributed by atoms with Gasteiger partial charge in [-0.2, -0.15) is 10.1 Å². The predicted molar refractivity (Wildman–Crippen MR) is 94.3 cm³/mol. The van der Waals surface area contributed by atoms with Crippen molar-refractivity contribution in [1.82, 2.24) is 24.8 Å². The summed E-state index contributed by atoms with van der Waals surface area (Å²) in [5.41, 5.74) is 2.35. The Morgan fingerprint density at radius 3 is 2.96 bits per heavy atom. The molecule has 0 aliphatic carbocycles. The quantitative estimate of drug-likeness (QED) is 0.710. The molecule has 1 atom stereocenters. The Hall–Kier alpha value is -2.47. The normalized spacial score (nSPS) is 18.3. The summed E-state index contributed by atoms with van der Waals surface area (Å²) in [5.74, 6) is 1.84. The lowest BCUT2D eigenvalue weighted by Crippen LogP contribution is -2.23. The van der Waals surface area contributed by atoms with Gasteiger partial charge in [-0.1, -0.05) is 31.1 Å². The van der Waals surface area contributed by atoms with Crippen molar-refractivity contribution in [2.45, 2.75) is 45.2 Å². The van der Waals surface area contributed by atoms with Crippen LogP contribution in [0.2, 0.25) is 0 Å². The molecule has 1 aliphatic heterocycles. The van der Waals surface area contributed by atoms with E-state index in [9.17, 15) is 0 Å². The second-order valence-electron chi connectivity index (χ2n) is 6.89. The standard InChI is InChI=1S/C19H23N5O/c1-14(2)18-21-19(25-22-18)17-8-4-10-23(17)13-15-6-3-7-16(12-15)24-11-5-9-20-24/h3,5-7,9,11-12,14,17H,4,8,10,13H2,1-2H3/t17-/m1/s1. The third kappa shape index (κ3) is 3.35. The number of nitrogens with zero attached hydrogens (tertiary/aromatic N) is 5. The van der Waals surface area contributed by atoms with E-state index in [4.69, 9.17) is 4.52 Å². The Labute approximate surface area is 147 Å². The highest BCUT2D eigenvalue weighted by molar-refractivity contribution is 5.35. The van der Waals surface area contributed by atoms with E-state index >= 15 is 0 Å². The minimum absolute atomic E-state index is 0.216. The molecule has 1 saturated heterocycles. The van der Waals surface area contributed by atoms with Gasteiger partial charge in [-0.25, -0.2) is 4.68 Å². The van der Waals surface area contributed by atoms with Crippen LogP contribution in [0.15, 0.2) is 47.2 Å². The maximum absolute atomic E-state index is 5.54. The van der Waals surface area contributed by atoms with Crippen LogP contribution in [0.4, 0.5) is 0 Å². The van der Waals surface area contributed by atoms with Gasteiger partial charge in [-0.15, -0.1) is 0 Å². The second kappa shape index (κ2) is 6.80. The molecule has 0 N–H and O–H groups in total. The third-order valence-electron chi connectivity index (χ3n) is 4.69. The molecule has 0 radical (unpaired) electrons. The van der Waals surface area contributed by atoms with Crippen LogP contribution in [-0.2, 0) is 6.54 Å². The summed E-state index contributed by atoms with van der Waals surface area (Å²) in [6, 6.07) is 10.7. The Bertz CT molecular complexity index is 824. The van der Waals surface area contributed by atoms with Gasteiger partial charge < -0.3 is 4.52 Å². The molecule has 1 fully saturated rings. The van der Waals surface area contributed by atoms with Crippen LogP contribution in [0.1, 0.15) is 55.9 Å². The molecule has 6 nitrogen and oxygen atoms in total. The Balaban J connectivity index is 1.52. The molecular formula is C19H23N5O. The van der Waals surface area contributed by atoms with Gasteiger partial charge in [0.1, 0.15) is 0 Å². The molecular weight excluding hydrogens is 314 g/mol. The van der Waals surface area contributed by atoms with Gasteiger partial charge in [0.15, 0.2) is 5.82 Å². The van der Waals surface area contributed by atoms with E-state index in [0.29, 0.717) is 0 Å². The minimum atomic E-state index is 0.216. The molecule has 4 rings (SSSR count).